The number of hydrogen-bond donors (Lipinski definition) is 1. The standard InChI is InChI=1S/C20H27N3O2S2/c1-4-5-6-16-12(2)26-20(22-16)18-15-7-8-23(14-10-25-11-14)9-17(15)27-19(18)21-13(3)24/h5-6,12,14,16H,4,7-11H2,1-3H3,(H,21,24). The zero-order valence-electron chi connectivity index (χ0n) is 16.2. The zero-order valence-corrected chi connectivity index (χ0v) is 17.8. The van der Waals surface area contributed by atoms with Crippen LogP contribution in [0.1, 0.15) is 43.2 Å². The largest absolute Gasteiger partial charge is 0.378 e. The number of nitrogens with one attached hydrogen (secondary N) is 1. The molecular formula is C20H27N3O2S2. The van der Waals surface area contributed by atoms with Gasteiger partial charge in [0.2, 0.25) is 5.91 Å². The highest BCUT2D eigenvalue weighted by Gasteiger charge is 2.35. The first-order valence-corrected chi connectivity index (χ1v) is 11.4. The summed E-state index contributed by atoms with van der Waals surface area (Å²) in [6.45, 7) is 9.66. The van der Waals surface area contributed by atoms with Crippen LogP contribution in [0.25, 0.3) is 0 Å². The Morgan fingerprint density at radius 1 is 1.44 bits per heavy atom. The predicted octanol–water partition coefficient (Wildman–Crippen LogP) is 3.68. The molecule has 4 heterocycles. The van der Waals surface area contributed by atoms with Crippen LogP contribution in [-0.4, -0.2) is 52.9 Å². The maximum Gasteiger partial charge on any atom is 0.221 e. The molecule has 5 nitrogen and oxygen atoms in total. The molecule has 146 valence electrons. The van der Waals surface area contributed by atoms with E-state index in [9.17, 15) is 4.79 Å². The fourth-order valence-electron chi connectivity index (χ4n) is 3.76. The Labute approximate surface area is 169 Å². The number of aliphatic imine (C=N–C) groups is 1. The average Bonchev–Trinajstić information content (AvgIpc) is 3.10. The summed E-state index contributed by atoms with van der Waals surface area (Å²) in [6, 6.07) is 0.771. The molecule has 1 fully saturated rings. The number of ether oxygens (including phenoxy) is 1. The van der Waals surface area contributed by atoms with E-state index in [1.54, 1.807) is 18.3 Å². The number of allylic oxidation sites excluding steroid dienone is 1. The van der Waals surface area contributed by atoms with Crippen LogP contribution in [0.5, 0.6) is 0 Å². The fourth-order valence-corrected chi connectivity index (χ4v) is 6.31. The third kappa shape index (κ3) is 3.88. The van der Waals surface area contributed by atoms with Gasteiger partial charge < -0.3 is 10.1 Å². The SMILES string of the molecule is CCC=CC1N=C(c2c(NC(C)=O)sc3c2CCN(C2COC2)C3)SC1C. The summed E-state index contributed by atoms with van der Waals surface area (Å²) in [5, 5.41) is 5.57. The first-order chi connectivity index (χ1) is 13.1. The summed E-state index contributed by atoms with van der Waals surface area (Å²) >= 11 is 3.57. The second-order valence-electron chi connectivity index (χ2n) is 7.39. The minimum atomic E-state index is -0.0156. The van der Waals surface area contributed by atoms with E-state index in [0.29, 0.717) is 11.3 Å². The number of anilines is 1. The van der Waals surface area contributed by atoms with Crippen molar-refractivity contribution in [2.45, 2.75) is 57.5 Å². The van der Waals surface area contributed by atoms with Crippen molar-refractivity contribution in [3.8, 4) is 0 Å². The molecule has 3 aliphatic rings. The van der Waals surface area contributed by atoms with Gasteiger partial charge in [0.15, 0.2) is 0 Å². The van der Waals surface area contributed by atoms with Gasteiger partial charge in [-0.1, -0.05) is 26.0 Å². The number of carbonyl (C=O) groups excluding carboxylic acids is 1. The number of carbonyl (C=O) groups is 1. The number of thioether (sulfide) groups is 1. The first kappa shape index (κ1) is 19.2. The van der Waals surface area contributed by atoms with Gasteiger partial charge >= 0.3 is 0 Å². The van der Waals surface area contributed by atoms with Crippen LogP contribution in [0, 0.1) is 0 Å². The summed E-state index contributed by atoms with van der Waals surface area (Å²) in [5.41, 5.74) is 2.57. The summed E-state index contributed by atoms with van der Waals surface area (Å²) in [4.78, 5) is 20.7. The van der Waals surface area contributed by atoms with Crippen molar-refractivity contribution in [1.82, 2.24) is 4.90 Å². The Morgan fingerprint density at radius 2 is 2.26 bits per heavy atom. The highest BCUT2D eigenvalue weighted by atomic mass is 32.2. The lowest BCUT2D eigenvalue weighted by molar-refractivity contribution is -0.114. The lowest BCUT2D eigenvalue weighted by atomic mass is 10.0. The maximum absolute atomic E-state index is 11.8. The molecule has 0 radical (unpaired) electrons. The van der Waals surface area contributed by atoms with Crippen molar-refractivity contribution < 1.29 is 9.53 Å². The molecule has 7 heteroatoms. The van der Waals surface area contributed by atoms with Crippen LogP contribution < -0.4 is 5.32 Å². The molecule has 0 spiro atoms. The van der Waals surface area contributed by atoms with Gasteiger partial charge in [0.05, 0.1) is 25.3 Å². The summed E-state index contributed by atoms with van der Waals surface area (Å²) in [6.07, 6.45) is 6.47. The van der Waals surface area contributed by atoms with Gasteiger partial charge in [0.1, 0.15) is 10.0 Å². The lowest BCUT2D eigenvalue weighted by Crippen LogP contribution is -2.50. The molecule has 1 saturated heterocycles. The highest BCUT2D eigenvalue weighted by Crippen LogP contribution is 2.43. The number of thiophene rings is 1. The summed E-state index contributed by atoms with van der Waals surface area (Å²) in [7, 11) is 0. The highest BCUT2D eigenvalue weighted by molar-refractivity contribution is 8.15. The molecule has 0 aromatic carbocycles. The number of nitrogens with zero attached hydrogens (tertiary/aromatic N) is 2. The zero-order chi connectivity index (χ0) is 19.0. The minimum absolute atomic E-state index is 0.0156. The topological polar surface area (TPSA) is 53.9 Å². The van der Waals surface area contributed by atoms with E-state index in [1.165, 1.54) is 16.0 Å². The minimum Gasteiger partial charge on any atom is -0.378 e. The molecule has 0 saturated carbocycles. The van der Waals surface area contributed by atoms with E-state index >= 15 is 0 Å². The van der Waals surface area contributed by atoms with Gasteiger partial charge in [-0.15, -0.1) is 23.1 Å². The molecule has 1 aromatic heterocycles. The van der Waals surface area contributed by atoms with Gasteiger partial charge in [-0.2, -0.15) is 0 Å². The summed E-state index contributed by atoms with van der Waals surface area (Å²) < 4.78 is 5.37. The van der Waals surface area contributed by atoms with Crippen LogP contribution in [0.15, 0.2) is 17.1 Å². The second kappa shape index (κ2) is 8.07. The van der Waals surface area contributed by atoms with Gasteiger partial charge in [-0.05, 0) is 18.4 Å². The van der Waals surface area contributed by atoms with E-state index in [-0.39, 0.29) is 11.9 Å². The van der Waals surface area contributed by atoms with Crippen molar-refractivity contribution in [3.63, 3.8) is 0 Å². The smallest absolute Gasteiger partial charge is 0.221 e. The first-order valence-electron chi connectivity index (χ1n) is 9.72. The molecule has 1 amide bonds. The fraction of sp³-hybridized carbons (Fsp3) is 0.600. The van der Waals surface area contributed by atoms with Crippen molar-refractivity contribution in [2.24, 2.45) is 4.99 Å². The van der Waals surface area contributed by atoms with Crippen molar-refractivity contribution in [3.05, 3.63) is 28.2 Å². The Kier molecular flexibility index (Phi) is 5.73. The van der Waals surface area contributed by atoms with E-state index in [4.69, 9.17) is 9.73 Å². The maximum atomic E-state index is 11.8. The van der Waals surface area contributed by atoms with Gasteiger partial charge in [-0.3, -0.25) is 14.7 Å². The van der Waals surface area contributed by atoms with Gasteiger partial charge in [0, 0.05) is 35.7 Å². The Hall–Kier alpha value is -1.15. The molecule has 1 aromatic rings. The molecule has 0 aliphatic carbocycles. The molecule has 2 atom stereocenters. The van der Waals surface area contributed by atoms with Crippen LogP contribution in [0.2, 0.25) is 0 Å². The molecule has 2 unspecified atom stereocenters. The molecular weight excluding hydrogens is 378 g/mol. The van der Waals surface area contributed by atoms with E-state index in [1.807, 2.05) is 11.8 Å². The Balaban J connectivity index is 1.66. The predicted molar refractivity (Wildman–Crippen MR) is 114 cm³/mol. The Morgan fingerprint density at radius 3 is 2.93 bits per heavy atom. The van der Waals surface area contributed by atoms with Crippen molar-refractivity contribution in [1.29, 1.82) is 0 Å². The van der Waals surface area contributed by atoms with Crippen LogP contribution >= 0.6 is 23.1 Å². The Bertz CT molecular complexity index is 782. The number of fused-ring (bicyclic) bond motifs is 1. The van der Waals surface area contributed by atoms with E-state index in [2.05, 4.69) is 36.2 Å². The van der Waals surface area contributed by atoms with Gasteiger partial charge in [-0.25, -0.2) is 0 Å². The molecule has 1 N–H and O–H groups in total. The molecule has 4 rings (SSSR count). The van der Waals surface area contributed by atoms with Crippen molar-refractivity contribution >= 4 is 39.1 Å². The molecule has 3 aliphatic heterocycles. The summed E-state index contributed by atoms with van der Waals surface area (Å²) in [5.74, 6) is -0.0156. The van der Waals surface area contributed by atoms with Crippen LogP contribution in [0.3, 0.4) is 0 Å². The number of amides is 1. The number of rotatable bonds is 5. The van der Waals surface area contributed by atoms with E-state index < -0.39 is 0 Å². The lowest BCUT2D eigenvalue weighted by Gasteiger charge is -2.39. The monoisotopic (exact) mass is 405 g/mol. The van der Waals surface area contributed by atoms with Crippen molar-refractivity contribution in [2.75, 3.05) is 25.1 Å². The van der Waals surface area contributed by atoms with E-state index in [0.717, 1.165) is 49.2 Å². The third-order valence-corrected chi connectivity index (χ3v) is 7.66. The quantitative estimate of drug-likeness (QED) is 0.760. The molecule has 0 bridgehead atoms. The molecule has 27 heavy (non-hydrogen) atoms. The van der Waals surface area contributed by atoms with Crippen LogP contribution in [-0.2, 0) is 22.5 Å². The number of hydrogen-bond acceptors (Lipinski definition) is 6. The third-order valence-electron chi connectivity index (χ3n) is 5.34. The normalized spacial score (nSPS) is 26.1. The van der Waals surface area contributed by atoms with Crippen LogP contribution in [0.4, 0.5) is 5.00 Å². The average molecular weight is 406 g/mol. The van der Waals surface area contributed by atoms with Gasteiger partial charge in [0.25, 0.3) is 0 Å². The second-order valence-corrected chi connectivity index (χ2v) is 9.86.